The van der Waals surface area contributed by atoms with Gasteiger partial charge in [0.1, 0.15) is 0 Å². The van der Waals surface area contributed by atoms with Crippen molar-refractivity contribution < 1.29 is 0 Å². The zero-order valence-corrected chi connectivity index (χ0v) is 15.6. The van der Waals surface area contributed by atoms with E-state index in [1.165, 1.54) is 10.9 Å². The molecule has 138 valence electrons. The smallest absolute Gasteiger partial charge is 0.220 e. The van der Waals surface area contributed by atoms with E-state index in [0.29, 0.717) is 5.95 Å². The average Bonchev–Trinajstić information content (AvgIpc) is 3.04. The normalized spacial score (nSPS) is 16.4. The second-order valence-electron chi connectivity index (χ2n) is 7.10. The van der Waals surface area contributed by atoms with Crippen LogP contribution in [-0.4, -0.2) is 24.8 Å². The number of hydrogen-bond acceptors (Lipinski definition) is 6. The highest BCUT2D eigenvalue weighted by atomic mass is 15.2. The van der Waals surface area contributed by atoms with Crippen LogP contribution in [0.15, 0.2) is 61.1 Å². The van der Waals surface area contributed by atoms with Gasteiger partial charge < -0.3 is 5.73 Å². The summed E-state index contributed by atoms with van der Waals surface area (Å²) in [5.74, 6) is 0.314. The summed E-state index contributed by atoms with van der Waals surface area (Å²) < 4.78 is 0. The summed E-state index contributed by atoms with van der Waals surface area (Å²) in [4.78, 5) is 20.1. The molecule has 3 aromatic heterocycles. The second kappa shape index (κ2) is 6.65. The molecule has 5 rings (SSSR count). The van der Waals surface area contributed by atoms with E-state index >= 15 is 0 Å². The number of aromatic nitrogens is 4. The Labute approximate surface area is 163 Å². The van der Waals surface area contributed by atoms with Crippen LogP contribution in [0, 0.1) is 0 Å². The third-order valence-electron chi connectivity index (χ3n) is 5.43. The number of para-hydroxylation sites is 1. The fourth-order valence-electron chi connectivity index (χ4n) is 3.99. The molecule has 0 radical (unpaired) electrons. The molecule has 4 aromatic rings. The molecule has 0 saturated carbocycles. The topological polar surface area (TPSA) is 80.8 Å². The molecule has 0 bridgehead atoms. The minimum atomic E-state index is 0.160. The third-order valence-corrected chi connectivity index (χ3v) is 5.43. The number of fused-ring (bicyclic) bond motifs is 2. The van der Waals surface area contributed by atoms with Gasteiger partial charge in [0.2, 0.25) is 5.95 Å². The van der Waals surface area contributed by atoms with Gasteiger partial charge in [0.15, 0.2) is 0 Å². The van der Waals surface area contributed by atoms with E-state index in [4.69, 9.17) is 5.73 Å². The molecular formula is C22H20N6. The molecule has 6 nitrogen and oxygen atoms in total. The molecule has 0 spiro atoms. The Balaban J connectivity index is 1.53. The van der Waals surface area contributed by atoms with Gasteiger partial charge in [-0.2, -0.15) is 0 Å². The molecule has 1 unspecified atom stereocenters. The highest BCUT2D eigenvalue weighted by Crippen LogP contribution is 2.38. The lowest BCUT2D eigenvalue weighted by molar-refractivity contribution is 0.219. The van der Waals surface area contributed by atoms with Crippen LogP contribution in [0.2, 0.25) is 0 Å². The minimum Gasteiger partial charge on any atom is -0.368 e. The van der Waals surface area contributed by atoms with E-state index in [-0.39, 0.29) is 6.04 Å². The van der Waals surface area contributed by atoms with Crippen molar-refractivity contribution in [2.75, 3.05) is 5.73 Å². The van der Waals surface area contributed by atoms with Crippen LogP contribution in [0.4, 0.5) is 5.95 Å². The van der Waals surface area contributed by atoms with Crippen molar-refractivity contribution in [3.8, 4) is 11.3 Å². The van der Waals surface area contributed by atoms with E-state index in [1.807, 2.05) is 24.4 Å². The van der Waals surface area contributed by atoms with Crippen molar-refractivity contribution in [1.82, 2.24) is 24.8 Å². The Morgan fingerprint density at radius 2 is 1.86 bits per heavy atom. The number of nitrogens with two attached hydrogens (primary N) is 1. The summed E-state index contributed by atoms with van der Waals surface area (Å²) in [7, 11) is 0. The molecular weight excluding hydrogens is 348 g/mol. The number of pyridine rings is 2. The second-order valence-corrected chi connectivity index (χ2v) is 7.10. The maximum atomic E-state index is 6.04. The van der Waals surface area contributed by atoms with Gasteiger partial charge >= 0.3 is 0 Å². The predicted molar refractivity (Wildman–Crippen MR) is 109 cm³/mol. The average molecular weight is 368 g/mol. The first-order valence-corrected chi connectivity index (χ1v) is 9.34. The fraction of sp³-hybridized carbons (Fsp3) is 0.182. The van der Waals surface area contributed by atoms with Crippen LogP contribution in [0.1, 0.15) is 29.8 Å². The molecule has 6 heteroatoms. The van der Waals surface area contributed by atoms with Crippen molar-refractivity contribution in [3.63, 3.8) is 0 Å². The van der Waals surface area contributed by atoms with E-state index in [1.54, 1.807) is 12.4 Å². The lowest BCUT2D eigenvalue weighted by Crippen LogP contribution is -2.20. The van der Waals surface area contributed by atoms with E-state index in [2.05, 4.69) is 56.0 Å². The highest BCUT2D eigenvalue weighted by molar-refractivity contribution is 5.81. The number of nitrogen functional groups attached to an aromatic ring is 1. The maximum absolute atomic E-state index is 6.04. The van der Waals surface area contributed by atoms with Crippen LogP contribution >= 0.6 is 0 Å². The molecule has 0 aliphatic carbocycles. The zero-order chi connectivity index (χ0) is 19.1. The van der Waals surface area contributed by atoms with Gasteiger partial charge in [0.05, 0.1) is 22.9 Å². The van der Waals surface area contributed by atoms with Crippen molar-refractivity contribution in [1.29, 1.82) is 0 Å². The number of anilines is 1. The number of rotatable bonds is 3. The van der Waals surface area contributed by atoms with E-state index in [9.17, 15) is 0 Å². The Morgan fingerprint density at radius 1 is 1.04 bits per heavy atom. The SMILES string of the molecule is CC1c2nc(N)nc(-c3ccncc3)c2CN1Cc1ccnc2ccccc12. The zero-order valence-electron chi connectivity index (χ0n) is 15.6. The van der Waals surface area contributed by atoms with Gasteiger partial charge in [0.25, 0.3) is 0 Å². The molecule has 4 heterocycles. The van der Waals surface area contributed by atoms with Gasteiger partial charge in [-0.25, -0.2) is 9.97 Å². The van der Waals surface area contributed by atoms with Gasteiger partial charge in [-0.15, -0.1) is 0 Å². The summed E-state index contributed by atoms with van der Waals surface area (Å²) in [5, 5.41) is 1.19. The third kappa shape index (κ3) is 2.78. The van der Waals surface area contributed by atoms with Crippen molar-refractivity contribution in [3.05, 3.63) is 77.9 Å². The molecule has 28 heavy (non-hydrogen) atoms. The number of nitrogens with zero attached hydrogens (tertiary/aromatic N) is 5. The van der Waals surface area contributed by atoms with Crippen LogP contribution in [0.5, 0.6) is 0 Å². The summed E-state index contributed by atoms with van der Waals surface area (Å²) in [6.45, 7) is 3.78. The lowest BCUT2D eigenvalue weighted by atomic mass is 10.1. The maximum Gasteiger partial charge on any atom is 0.220 e. The first kappa shape index (κ1) is 16.8. The van der Waals surface area contributed by atoms with Crippen LogP contribution in [0.3, 0.4) is 0 Å². The van der Waals surface area contributed by atoms with Gasteiger partial charge in [-0.05, 0) is 36.8 Å². The first-order chi connectivity index (χ1) is 13.7. The van der Waals surface area contributed by atoms with Gasteiger partial charge in [-0.3, -0.25) is 14.9 Å². The summed E-state index contributed by atoms with van der Waals surface area (Å²) in [6, 6.07) is 14.4. The van der Waals surface area contributed by atoms with Gasteiger partial charge in [-0.1, -0.05) is 18.2 Å². The van der Waals surface area contributed by atoms with Crippen LogP contribution < -0.4 is 5.73 Å². The van der Waals surface area contributed by atoms with E-state index in [0.717, 1.165) is 41.1 Å². The fourth-order valence-corrected chi connectivity index (χ4v) is 3.99. The summed E-state index contributed by atoms with van der Waals surface area (Å²) >= 11 is 0. The molecule has 1 atom stereocenters. The monoisotopic (exact) mass is 368 g/mol. The van der Waals surface area contributed by atoms with Crippen molar-refractivity contribution >= 4 is 16.9 Å². The Bertz CT molecular complexity index is 1150. The summed E-state index contributed by atoms with van der Waals surface area (Å²) in [5.41, 5.74) is 12.4. The number of benzene rings is 1. The molecule has 1 aliphatic rings. The molecule has 1 aliphatic heterocycles. The minimum absolute atomic E-state index is 0.160. The Morgan fingerprint density at radius 3 is 2.71 bits per heavy atom. The molecule has 0 amide bonds. The molecule has 0 saturated heterocycles. The predicted octanol–water partition coefficient (Wildman–Crippen LogP) is 3.75. The lowest BCUT2D eigenvalue weighted by Gasteiger charge is -2.21. The Hall–Kier alpha value is -3.38. The van der Waals surface area contributed by atoms with E-state index < -0.39 is 0 Å². The molecule has 2 N–H and O–H groups in total. The van der Waals surface area contributed by atoms with Gasteiger partial charge in [0, 0.05) is 48.2 Å². The van der Waals surface area contributed by atoms with Crippen molar-refractivity contribution in [2.24, 2.45) is 0 Å². The van der Waals surface area contributed by atoms with Crippen LogP contribution in [0.25, 0.3) is 22.2 Å². The number of hydrogen-bond donors (Lipinski definition) is 1. The Kier molecular flexibility index (Phi) is 3.98. The van der Waals surface area contributed by atoms with Crippen molar-refractivity contribution in [2.45, 2.75) is 26.1 Å². The highest BCUT2D eigenvalue weighted by Gasteiger charge is 2.32. The largest absolute Gasteiger partial charge is 0.368 e. The summed E-state index contributed by atoms with van der Waals surface area (Å²) in [6.07, 6.45) is 5.43. The standard InChI is InChI=1S/C22H20N6/c1-14-20-18(21(27-22(23)26-20)15-6-9-24-10-7-15)13-28(14)12-16-8-11-25-19-5-3-2-4-17(16)19/h2-11,14H,12-13H2,1H3,(H2,23,26,27). The quantitative estimate of drug-likeness (QED) is 0.593. The molecule has 0 fully saturated rings. The van der Waals surface area contributed by atoms with Crippen LogP contribution in [-0.2, 0) is 13.1 Å². The first-order valence-electron chi connectivity index (χ1n) is 9.34. The molecule has 1 aromatic carbocycles.